The van der Waals surface area contributed by atoms with Crippen LogP contribution in [0.25, 0.3) is 0 Å². The molecule has 2 aromatic carbocycles. The normalized spacial score (nSPS) is 20.2. The highest BCUT2D eigenvalue weighted by Crippen LogP contribution is 2.20. The number of nitrogens with zero attached hydrogens (tertiary/aromatic N) is 1. The van der Waals surface area contributed by atoms with Crippen molar-refractivity contribution in [3.05, 3.63) is 65.2 Å². The average Bonchev–Trinajstić information content (AvgIpc) is 2.64. The zero-order valence-electron chi connectivity index (χ0n) is 13.8. The van der Waals surface area contributed by atoms with Gasteiger partial charge in [-0.1, -0.05) is 41.9 Å². The van der Waals surface area contributed by atoms with Crippen LogP contribution in [0.15, 0.2) is 54.6 Å². The molecule has 2 unspecified atom stereocenters. The minimum Gasteiger partial charge on any atom is -0.445 e. The summed E-state index contributed by atoms with van der Waals surface area (Å²) in [5.41, 5.74) is 1.84. The van der Waals surface area contributed by atoms with Crippen LogP contribution >= 0.6 is 11.6 Å². The van der Waals surface area contributed by atoms with Crippen molar-refractivity contribution in [1.82, 2.24) is 4.90 Å². The predicted octanol–water partition coefficient (Wildman–Crippen LogP) is 3.52. The van der Waals surface area contributed by atoms with Crippen molar-refractivity contribution in [3.8, 4) is 0 Å². The number of piperidine rings is 1. The van der Waals surface area contributed by atoms with E-state index < -0.39 is 12.2 Å². The molecule has 0 radical (unpaired) electrons. The summed E-state index contributed by atoms with van der Waals surface area (Å²) in [5, 5.41) is 14.3. The summed E-state index contributed by atoms with van der Waals surface area (Å²) in [5.74, 6) is 0. The quantitative estimate of drug-likeness (QED) is 0.875. The van der Waals surface area contributed by atoms with Crippen LogP contribution < -0.4 is 5.32 Å². The van der Waals surface area contributed by atoms with Gasteiger partial charge in [-0.05, 0) is 36.2 Å². The number of aliphatic hydroxyl groups excluding tert-OH is 1. The van der Waals surface area contributed by atoms with Gasteiger partial charge in [0.05, 0.1) is 18.7 Å². The van der Waals surface area contributed by atoms with Crippen molar-refractivity contribution in [2.45, 2.75) is 25.2 Å². The van der Waals surface area contributed by atoms with Crippen molar-refractivity contribution in [3.63, 3.8) is 0 Å². The number of anilines is 1. The zero-order valence-corrected chi connectivity index (χ0v) is 14.5. The number of rotatable bonds is 4. The third-order valence-electron chi connectivity index (χ3n) is 4.24. The Morgan fingerprint density at radius 2 is 1.92 bits per heavy atom. The number of nitrogens with one attached hydrogen (secondary N) is 1. The number of amides is 1. The Labute approximate surface area is 152 Å². The minimum absolute atomic E-state index is 0.112. The van der Waals surface area contributed by atoms with Crippen LogP contribution in [0, 0.1) is 0 Å². The Morgan fingerprint density at radius 1 is 1.20 bits per heavy atom. The fourth-order valence-electron chi connectivity index (χ4n) is 2.84. The van der Waals surface area contributed by atoms with Crippen molar-refractivity contribution < 1.29 is 14.6 Å². The van der Waals surface area contributed by atoms with Crippen molar-refractivity contribution in [2.75, 3.05) is 18.4 Å². The first-order valence-corrected chi connectivity index (χ1v) is 8.65. The van der Waals surface area contributed by atoms with Gasteiger partial charge >= 0.3 is 6.09 Å². The number of benzene rings is 2. The first-order valence-electron chi connectivity index (χ1n) is 8.27. The first kappa shape index (κ1) is 17.6. The molecule has 1 aliphatic rings. The average molecular weight is 361 g/mol. The number of β-amino-alcohol motifs (C(OH)–C–C–N with tert-alkyl or cyclic N) is 1. The molecule has 1 fully saturated rings. The number of hydrogen-bond donors (Lipinski definition) is 2. The van der Waals surface area contributed by atoms with Gasteiger partial charge in [-0.25, -0.2) is 4.79 Å². The van der Waals surface area contributed by atoms with E-state index in [1.54, 1.807) is 17.0 Å². The standard InChI is InChI=1S/C19H21ClN2O3/c20-15-6-8-16(9-7-15)21-17-10-11-22(12-18(17)23)19(24)25-13-14-4-2-1-3-5-14/h1-9,17-18,21,23H,10-13H2. The van der Waals surface area contributed by atoms with E-state index in [0.29, 0.717) is 18.0 Å². The second kappa shape index (κ2) is 8.23. The van der Waals surface area contributed by atoms with Gasteiger partial charge in [0.15, 0.2) is 0 Å². The molecule has 1 saturated heterocycles. The maximum atomic E-state index is 12.2. The largest absolute Gasteiger partial charge is 0.445 e. The molecule has 0 spiro atoms. The van der Waals surface area contributed by atoms with E-state index >= 15 is 0 Å². The minimum atomic E-state index is -0.659. The third kappa shape index (κ3) is 4.87. The molecule has 5 nitrogen and oxygen atoms in total. The maximum absolute atomic E-state index is 12.2. The lowest BCUT2D eigenvalue weighted by Crippen LogP contribution is -2.51. The second-order valence-corrected chi connectivity index (χ2v) is 6.54. The molecule has 0 aliphatic carbocycles. The molecule has 132 valence electrons. The van der Waals surface area contributed by atoms with Crippen LogP contribution in [0.1, 0.15) is 12.0 Å². The number of hydrogen-bond acceptors (Lipinski definition) is 4. The monoisotopic (exact) mass is 360 g/mol. The Hall–Kier alpha value is -2.24. The third-order valence-corrected chi connectivity index (χ3v) is 4.49. The number of ether oxygens (including phenoxy) is 1. The molecule has 0 saturated carbocycles. The molecule has 0 aromatic heterocycles. The number of carbonyl (C=O) groups is 1. The summed E-state index contributed by atoms with van der Waals surface area (Å²) in [6.07, 6.45) is -0.411. The highest BCUT2D eigenvalue weighted by atomic mass is 35.5. The van der Waals surface area contributed by atoms with Gasteiger partial charge in [-0.3, -0.25) is 0 Å². The Bertz CT molecular complexity index is 694. The molecule has 0 bridgehead atoms. The lowest BCUT2D eigenvalue weighted by atomic mass is 10.0. The van der Waals surface area contributed by atoms with Gasteiger partial charge in [0.25, 0.3) is 0 Å². The zero-order chi connectivity index (χ0) is 17.6. The van der Waals surface area contributed by atoms with Crippen molar-refractivity contribution >= 4 is 23.4 Å². The van der Waals surface area contributed by atoms with Crippen LogP contribution in [0.2, 0.25) is 5.02 Å². The summed E-state index contributed by atoms with van der Waals surface area (Å²) >= 11 is 5.88. The smallest absolute Gasteiger partial charge is 0.410 e. The predicted molar refractivity (Wildman–Crippen MR) is 97.7 cm³/mol. The summed E-state index contributed by atoms with van der Waals surface area (Å²) in [6.45, 7) is 1.02. The summed E-state index contributed by atoms with van der Waals surface area (Å²) in [6, 6.07) is 16.8. The van der Waals surface area contributed by atoms with Crippen LogP contribution in [0.5, 0.6) is 0 Å². The van der Waals surface area contributed by atoms with Crippen LogP contribution in [0.4, 0.5) is 10.5 Å². The molecule has 3 rings (SSSR count). The number of carbonyl (C=O) groups excluding carboxylic acids is 1. The van der Waals surface area contributed by atoms with E-state index in [4.69, 9.17) is 16.3 Å². The van der Waals surface area contributed by atoms with Gasteiger partial charge in [-0.2, -0.15) is 0 Å². The number of aliphatic hydroxyl groups is 1. The fourth-order valence-corrected chi connectivity index (χ4v) is 2.96. The Morgan fingerprint density at radius 3 is 2.60 bits per heavy atom. The molecule has 1 aliphatic heterocycles. The van der Waals surface area contributed by atoms with Gasteiger partial charge in [0.2, 0.25) is 0 Å². The fraction of sp³-hybridized carbons (Fsp3) is 0.316. The molecule has 2 N–H and O–H groups in total. The lowest BCUT2D eigenvalue weighted by Gasteiger charge is -2.36. The van der Waals surface area contributed by atoms with E-state index in [0.717, 1.165) is 11.3 Å². The topological polar surface area (TPSA) is 61.8 Å². The van der Waals surface area contributed by atoms with Crippen LogP contribution in [0.3, 0.4) is 0 Å². The number of halogens is 1. The molecule has 2 atom stereocenters. The molecular formula is C19H21ClN2O3. The van der Waals surface area contributed by atoms with Gasteiger partial charge in [0, 0.05) is 17.3 Å². The lowest BCUT2D eigenvalue weighted by molar-refractivity contribution is 0.0399. The van der Waals surface area contributed by atoms with E-state index in [1.165, 1.54) is 0 Å². The second-order valence-electron chi connectivity index (χ2n) is 6.10. The van der Waals surface area contributed by atoms with E-state index in [2.05, 4.69) is 5.32 Å². The summed E-state index contributed by atoms with van der Waals surface area (Å²) in [7, 11) is 0. The van der Waals surface area contributed by atoms with Crippen molar-refractivity contribution in [2.24, 2.45) is 0 Å². The highest BCUT2D eigenvalue weighted by molar-refractivity contribution is 6.30. The maximum Gasteiger partial charge on any atom is 0.410 e. The highest BCUT2D eigenvalue weighted by Gasteiger charge is 2.30. The van der Waals surface area contributed by atoms with Crippen LogP contribution in [-0.4, -0.2) is 41.3 Å². The SMILES string of the molecule is O=C(OCc1ccccc1)N1CCC(Nc2ccc(Cl)cc2)C(O)C1. The molecule has 6 heteroatoms. The van der Waals surface area contributed by atoms with Gasteiger partial charge in [0.1, 0.15) is 6.61 Å². The summed E-state index contributed by atoms with van der Waals surface area (Å²) < 4.78 is 5.32. The molecular weight excluding hydrogens is 340 g/mol. The van der Waals surface area contributed by atoms with E-state index in [1.807, 2.05) is 42.5 Å². The first-order chi connectivity index (χ1) is 12.1. The number of likely N-dealkylation sites (tertiary alicyclic amines) is 1. The van der Waals surface area contributed by atoms with Crippen LogP contribution in [-0.2, 0) is 11.3 Å². The molecule has 1 amide bonds. The van der Waals surface area contributed by atoms with E-state index in [9.17, 15) is 9.90 Å². The molecule has 1 heterocycles. The van der Waals surface area contributed by atoms with Gasteiger partial charge < -0.3 is 20.1 Å². The Kier molecular flexibility index (Phi) is 5.79. The molecule has 25 heavy (non-hydrogen) atoms. The summed E-state index contributed by atoms with van der Waals surface area (Å²) in [4.78, 5) is 13.7. The Balaban J connectivity index is 1.49. The van der Waals surface area contributed by atoms with E-state index in [-0.39, 0.29) is 19.2 Å². The van der Waals surface area contributed by atoms with Crippen molar-refractivity contribution in [1.29, 1.82) is 0 Å². The molecule has 2 aromatic rings. The van der Waals surface area contributed by atoms with Gasteiger partial charge in [-0.15, -0.1) is 0 Å².